The third kappa shape index (κ3) is 3.51. The number of hydrogen-bond donors (Lipinski definition) is 1. The molecule has 1 unspecified atom stereocenters. The Balaban J connectivity index is 2.24. The lowest BCUT2D eigenvalue weighted by molar-refractivity contribution is 0.199. The van der Waals surface area contributed by atoms with Crippen molar-refractivity contribution < 1.29 is 5.11 Å². The molecule has 0 saturated carbocycles. The van der Waals surface area contributed by atoms with Crippen molar-refractivity contribution in [3.63, 3.8) is 0 Å². The first-order valence-corrected chi connectivity index (χ1v) is 7.46. The lowest BCUT2D eigenvalue weighted by Crippen LogP contribution is -1.90. The molecule has 0 aliphatic carbocycles. The highest BCUT2D eigenvalue weighted by Crippen LogP contribution is 2.35. The summed E-state index contributed by atoms with van der Waals surface area (Å²) in [6.45, 7) is 1.73. The second-order valence-corrected chi connectivity index (χ2v) is 6.36. The summed E-state index contributed by atoms with van der Waals surface area (Å²) in [5, 5.41) is 10.2. The molecule has 2 rings (SSSR count). The molecule has 0 spiro atoms. The Morgan fingerprint density at radius 3 is 2.61 bits per heavy atom. The van der Waals surface area contributed by atoms with Gasteiger partial charge in [-0.15, -0.1) is 0 Å². The molecule has 94 valence electrons. The predicted octanol–water partition coefficient (Wildman–Crippen LogP) is 5.31. The molecule has 0 heterocycles. The molecule has 1 atom stereocenters. The Hall–Kier alpha value is -0.480. The van der Waals surface area contributed by atoms with Gasteiger partial charge in [-0.25, -0.2) is 0 Å². The van der Waals surface area contributed by atoms with Gasteiger partial charge in [0, 0.05) is 14.3 Å². The summed E-state index contributed by atoms with van der Waals surface area (Å²) in [7, 11) is 0. The molecule has 4 heteroatoms. The van der Waals surface area contributed by atoms with Crippen LogP contribution in [0.4, 0.5) is 0 Å². The summed E-state index contributed by atoms with van der Waals surface area (Å²) in [5.74, 6) is 0. The maximum Gasteiger partial charge on any atom is 0.0762 e. The monoisotopic (exact) mass is 342 g/mol. The Labute approximate surface area is 124 Å². The first-order valence-electron chi connectivity index (χ1n) is 5.47. The van der Waals surface area contributed by atoms with Gasteiger partial charge in [-0.3, -0.25) is 0 Å². The van der Waals surface area contributed by atoms with Gasteiger partial charge in [-0.2, -0.15) is 0 Å². The lowest BCUT2D eigenvalue weighted by atomic mass is 10.1. The fraction of sp³-hybridized carbons (Fsp3) is 0.143. The van der Waals surface area contributed by atoms with Gasteiger partial charge < -0.3 is 5.11 Å². The third-order valence-electron chi connectivity index (χ3n) is 2.46. The number of aliphatic hydroxyl groups excluding tert-OH is 1. The predicted molar refractivity (Wildman–Crippen MR) is 80.4 cm³/mol. The Kier molecular flexibility index (Phi) is 4.73. The lowest BCUT2D eigenvalue weighted by Gasteiger charge is -2.09. The van der Waals surface area contributed by atoms with Crippen LogP contribution in [-0.2, 0) is 0 Å². The molecule has 2 aromatic rings. The van der Waals surface area contributed by atoms with Crippen molar-refractivity contribution in [3.8, 4) is 0 Å². The van der Waals surface area contributed by atoms with Crippen LogP contribution in [-0.4, -0.2) is 5.11 Å². The Morgan fingerprint density at radius 1 is 1.22 bits per heavy atom. The standard InChI is InChI=1S/C14H12BrClOS/c1-9(17)10-5-6-14(13(16)7-10)18-12-4-2-3-11(15)8-12/h2-9,17H,1H3. The second-order valence-electron chi connectivity index (χ2n) is 3.93. The van der Waals surface area contributed by atoms with Crippen LogP contribution in [0.5, 0.6) is 0 Å². The highest BCUT2D eigenvalue weighted by molar-refractivity contribution is 9.10. The van der Waals surface area contributed by atoms with Crippen LogP contribution in [0.1, 0.15) is 18.6 Å². The summed E-state index contributed by atoms with van der Waals surface area (Å²) < 4.78 is 1.05. The molecule has 1 nitrogen and oxygen atoms in total. The molecule has 2 aromatic carbocycles. The van der Waals surface area contributed by atoms with Crippen LogP contribution >= 0.6 is 39.3 Å². The summed E-state index contributed by atoms with van der Waals surface area (Å²) in [4.78, 5) is 2.11. The van der Waals surface area contributed by atoms with Crippen LogP contribution in [0.2, 0.25) is 5.02 Å². The van der Waals surface area contributed by atoms with Gasteiger partial charge in [0.25, 0.3) is 0 Å². The maximum absolute atomic E-state index is 9.49. The molecule has 0 aromatic heterocycles. The van der Waals surface area contributed by atoms with Crippen molar-refractivity contribution in [3.05, 3.63) is 57.5 Å². The van der Waals surface area contributed by atoms with Crippen LogP contribution in [0.3, 0.4) is 0 Å². The van der Waals surface area contributed by atoms with Crippen molar-refractivity contribution in [1.82, 2.24) is 0 Å². The number of aliphatic hydroxyl groups is 1. The largest absolute Gasteiger partial charge is 0.389 e. The minimum atomic E-state index is -0.493. The SMILES string of the molecule is CC(O)c1ccc(Sc2cccc(Br)c2)c(Cl)c1. The Morgan fingerprint density at radius 2 is 2.00 bits per heavy atom. The normalized spacial score (nSPS) is 12.4. The van der Waals surface area contributed by atoms with E-state index >= 15 is 0 Å². The van der Waals surface area contributed by atoms with E-state index < -0.39 is 6.10 Å². The first kappa shape index (κ1) is 13.9. The van der Waals surface area contributed by atoms with Crippen molar-refractivity contribution in [2.45, 2.75) is 22.8 Å². The molecule has 0 aliphatic rings. The minimum absolute atomic E-state index is 0.493. The molecule has 0 aliphatic heterocycles. The zero-order valence-electron chi connectivity index (χ0n) is 9.73. The molecule has 0 saturated heterocycles. The van der Waals surface area contributed by atoms with Gasteiger partial charge in [0.2, 0.25) is 0 Å². The highest BCUT2D eigenvalue weighted by atomic mass is 79.9. The summed E-state index contributed by atoms with van der Waals surface area (Å²) in [5.41, 5.74) is 0.832. The fourth-order valence-electron chi connectivity index (χ4n) is 1.52. The maximum atomic E-state index is 9.49. The van der Waals surface area contributed by atoms with Gasteiger partial charge in [0.15, 0.2) is 0 Å². The quantitative estimate of drug-likeness (QED) is 0.815. The van der Waals surface area contributed by atoms with Gasteiger partial charge in [0.05, 0.1) is 11.1 Å². The average Bonchev–Trinajstić information content (AvgIpc) is 2.31. The first-order chi connectivity index (χ1) is 8.56. The number of rotatable bonds is 3. The molecule has 18 heavy (non-hydrogen) atoms. The van der Waals surface area contributed by atoms with E-state index in [1.807, 2.05) is 42.5 Å². The van der Waals surface area contributed by atoms with E-state index in [2.05, 4.69) is 15.9 Å². The van der Waals surface area contributed by atoms with Crippen LogP contribution < -0.4 is 0 Å². The van der Waals surface area contributed by atoms with E-state index in [1.165, 1.54) is 0 Å². The van der Waals surface area contributed by atoms with E-state index in [4.69, 9.17) is 11.6 Å². The minimum Gasteiger partial charge on any atom is -0.389 e. The fourth-order valence-corrected chi connectivity index (χ4v) is 3.25. The van der Waals surface area contributed by atoms with E-state index in [1.54, 1.807) is 18.7 Å². The van der Waals surface area contributed by atoms with Gasteiger partial charge >= 0.3 is 0 Å². The van der Waals surface area contributed by atoms with Gasteiger partial charge in [-0.05, 0) is 42.8 Å². The molecule has 0 bridgehead atoms. The summed E-state index contributed by atoms with van der Waals surface area (Å²) in [6, 6.07) is 13.7. The van der Waals surface area contributed by atoms with Gasteiger partial charge in [-0.1, -0.05) is 51.4 Å². The zero-order chi connectivity index (χ0) is 13.1. The molecule has 0 fully saturated rings. The Bertz CT molecular complexity index is 557. The van der Waals surface area contributed by atoms with Crippen LogP contribution in [0, 0.1) is 0 Å². The molecule has 0 amide bonds. The van der Waals surface area contributed by atoms with Crippen LogP contribution in [0.25, 0.3) is 0 Å². The van der Waals surface area contributed by atoms with Crippen molar-refractivity contribution in [1.29, 1.82) is 0 Å². The van der Waals surface area contributed by atoms with E-state index in [-0.39, 0.29) is 0 Å². The molecular weight excluding hydrogens is 332 g/mol. The van der Waals surface area contributed by atoms with E-state index in [9.17, 15) is 5.11 Å². The zero-order valence-corrected chi connectivity index (χ0v) is 12.9. The van der Waals surface area contributed by atoms with Crippen LogP contribution in [0.15, 0.2) is 56.7 Å². The van der Waals surface area contributed by atoms with Crippen molar-refractivity contribution in [2.24, 2.45) is 0 Å². The second kappa shape index (κ2) is 6.11. The number of hydrogen-bond acceptors (Lipinski definition) is 2. The smallest absolute Gasteiger partial charge is 0.0762 e. The average molecular weight is 344 g/mol. The van der Waals surface area contributed by atoms with Crippen molar-refractivity contribution >= 4 is 39.3 Å². The molecule has 1 N–H and O–H groups in total. The highest BCUT2D eigenvalue weighted by Gasteiger charge is 2.07. The summed E-state index contributed by atoms with van der Waals surface area (Å²) in [6.07, 6.45) is -0.493. The summed E-state index contributed by atoms with van der Waals surface area (Å²) >= 11 is 11.3. The number of halogens is 2. The van der Waals surface area contributed by atoms with Gasteiger partial charge in [0.1, 0.15) is 0 Å². The third-order valence-corrected chi connectivity index (χ3v) is 4.45. The topological polar surface area (TPSA) is 20.2 Å². The number of benzene rings is 2. The molecule has 0 radical (unpaired) electrons. The molecular formula is C14H12BrClOS. The van der Waals surface area contributed by atoms with E-state index in [0.29, 0.717) is 5.02 Å². The van der Waals surface area contributed by atoms with Crippen molar-refractivity contribution in [2.75, 3.05) is 0 Å². The van der Waals surface area contributed by atoms with E-state index in [0.717, 1.165) is 19.8 Å².